The maximum Gasteiger partial charge on any atom is 0.176 e. The first-order valence-electron chi connectivity index (χ1n) is 9.72. The van der Waals surface area contributed by atoms with Crippen molar-refractivity contribution in [3.05, 3.63) is 73.3 Å². The number of fused-ring (bicyclic) bond motifs is 2. The minimum Gasteiger partial charge on any atom is -1.00 e. The number of aromatic nitrogens is 2. The fourth-order valence-electron chi connectivity index (χ4n) is 5.38. The molecular formula is C26H18Cl2N2. The molecule has 5 aromatic carbocycles. The zero-order valence-electron chi connectivity index (χ0n) is 16.6. The van der Waals surface area contributed by atoms with Gasteiger partial charge < -0.3 is 24.8 Å². The molecule has 0 unspecified atom stereocenters. The highest BCUT2D eigenvalue weighted by Crippen LogP contribution is 2.44. The molecule has 0 saturated heterocycles. The number of nitrogens with zero attached hydrogens (tertiary/aromatic N) is 2. The summed E-state index contributed by atoms with van der Waals surface area (Å²) in [6, 6.07) is 18.4. The van der Waals surface area contributed by atoms with Crippen molar-refractivity contribution in [2.24, 2.45) is 14.1 Å². The van der Waals surface area contributed by atoms with Crippen LogP contribution in [-0.4, -0.2) is 0 Å². The highest BCUT2D eigenvalue weighted by atomic mass is 35.5. The van der Waals surface area contributed by atoms with E-state index in [-0.39, 0.29) is 24.8 Å². The van der Waals surface area contributed by atoms with Gasteiger partial charge in [0.2, 0.25) is 0 Å². The SMILES string of the molecule is C[n+]1cc2ccc3c4ccc5c[n+](C)cc6ccc(c7ccc(c1)c2c37)c4c56.[Cl-].[Cl-]. The van der Waals surface area contributed by atoms with Crippen LogP contribution < -0.4 is 33.9 Å². The minimum absolute atomic E-state index is 0. The average molecular weight is 429 g/mol. The van der Waals surface area contributed by atoms with E-state index < -0.39 is 0 Å². The first kappa shape index (κ1) is 19.0. The van der Waals surface area contributed by atoms with Crippen molar-refractivity contribution in [1.82, 2.24) is 0 Å². The number of aryl methyl sites for hydroxylation is 2. The van der Waals surface area contributed by atoms with E-state index in [1.165, 1.54) is 64.6 Å². The molecule has 0 aliphatic heterocycles. The van der Waals surface area contributed by atoms with Crippen LogP contribution in [0.25, 0.3) is 64.6 Å². The van der Waals surface area contributed by atoms with Crippen LogP contribution in [0.1, 0.15) is 0 Å². The van der Waals surface area contributed by atoms with E-state index in [9.17, 15) is 0 Å². The van der Waals surface area contributed by atoms with Gasteiger partial charge in [-0.1, -0.05) is 24.3 Å². The molecule has 4 heteroatoms. The highest BCUT2D eigenvalue weighted by Gasteiger charge is 2.19. The molecule has 0 amide bonds. The van der Waals surface area contributed by atoms with Crippen LogP contribution in [0.15, 0.2) is 73.3 Å². The van der Waals surface area contributed by atoms with Gasteiger partial charge in [0.05, 0.1) is 0 Å². The van der Waals surface area contributed by atoms with Gasteiger partial charge in [0.25, 0.3) is 0 Å². The molecule has 2 aromatic heterocycles. The van der Waals surface area contributed by atoms with E-state index in [4.69, 9.17) is 0 Å². The summed E-state index contributed by atoms with van der Waals surface area (Å²) in [4.78, 5) is 0. The van der Waals surface area contributed by atoms with Crippen molar-refractivity contribution < 1.29 is 33.9 Å². The van der Waals surface area contributed by atoms with E-state index >= 15 is 0 Å². The summed E-state index contributed by atoms with van der Waals surface area (Å²) in [5.74, 6) is 0. The van der Waals surface area contributed by atoms with Crippen LogP contribution in [0.5, 0.6) is 0 Å². The molecule has 0 fully saturated rings. The van der Waals surface area contributed by atoms with Crippen LogP contribution in [0.3, 0.4) is 0 Å². The van der Waals surface area contributed by atoms with Gasteiger partial charge in [0.1, 0.15) is 14.1 Å². The van der Waals surface area contributed by atoms with Crippen LogP contribution in [0, 0.1) is 0 Å². The summed E-state index contributed by atoms with van der Waals surface area (Å²) >= 11 is 0. The molecule has 146 valence electrons. The number of rotatable bonds is 0. The molecular weight excluding hydrogens is 411 g/mol. The fraction of sp³-hybridized carbons (Fsp3) is 0.0769. The Hall–Kier alpha value is -2.94. The third-order valence-corrected chi connectivity index (χ3v) is 6.40. The molecule has 0 bridgehead atoms. The van der Waals surface area contributed by atoms with Gasteiger partial charge in [-0.25, -0.2) is 9.13 Å². The predicted octanol–water partition coefficient (Wildman–Crippen LogP) is -0.862. The smallest absolute Gasteiger partial charge is 0.176 e. The maximum absolute atomic E-state index is 2.32. The maximum atomic E-state index is 2.32. The number of pyridine rings is 2. The second-order valence-electron chi connectivity index (χ2n) is 8.16. The Kier molecular flexibility index (Phi) is 3.99. The number of halogens is 2. The molecule has 0 aliphatic carbocycles. The van der Waals surface area contributed by atoms with Crippen molar-refractivity contribution in [1.29, 1.82) is 0 Å². The quantitative estimate of drug-likeness (QED) is 0.169. The van der Waals surface area contributed by atoms with Crippen LogP contribution in [-0.2, 0) is 14.1 Å². The lowest BCUT2D eigenvalue weighted by molar-refractivity contribution is -0.669. The summed E-state index contributed by atoms with van der Waals surface area (Å²) in [6.45, 7) is 0. The molecule has 0 saturated carbocycles. The van der Waals surface area contributed by atoms with Gasteiger partial charge in [0.15, 0.2) is 24.8 Å². The topological polar surface area (TPSA) is 7.76 Å². The van der Waals surface area contributed by atoms with Crippen molar-refractivity contribution in [3.8, 4) is 0 Å². The lowest BCUT2D eigenvalue weighted by atomic mass is 9.86. The summed E-state index contributed by atoms with van der Waals surface area (Å²) < 4.78 is 4.31. The summed E-state index contributed by atoms with van der Waals surface area (Å²) in [6.07, 6.45) is 8.91. The number of hydrogen-bond acceptors (Lipinski definition) is 0. The predicted molar refractivity (Wildman–Crippen MR) is 116 cm³/mol. The third-order valence-electron chi connectivity index (χ3n) is 6.40. The van der Waals surface area contributed by atoms with Gasteiger partial charge in [-0.15, -0.1) is 0 Å². The Balaban J connectivity index is 0.000000963. The first-order valence-corrected chi connectivity index (χ1v) is 9.72. The Bertz CT molecular complexity index is 1490. The zero-order valence-corrected chi connectivity index (χ0v) is 18.1. The first-order chi connectivity index (χ1) is 13.7. The molecule has 7 rings (SSSR count). The van der Waals surface area contributed by atoms with E-state index in [1.54, 1.807) is 0 Å². The molecule has 0 atom stereocenters. The van der Waals surface area contributed by atoms with Crippen LogP contribution in [0.4, 0.5) is 0 Å². The Labute approximate surface area is 185 Å². The molecule has 0 aliphatic rings. The van der Waals surface area contributed by atoms with E-state index in [0.29, 0.717) is 0 Å². The lowest BCUT2D eigenvalue weighted by Crippen LogP contribution is -3.00. The molecule has 0 radical (unpaired) electrons. The molecule has 2 heterocycles. The zero-order chi connectivity index (χ0) is 18.6. The van der Waals surface area contributed by atoms with Crippen molar-refractivity contribution in [2.75, 3.05) is 0 Å². The molecule has 2 nitrogen and oxygen atoms in total. The standard InChI is InChI=1S/C26H18N2.2ClH/c1-27-11-15-3-7-19-21-9-5-17-13-28(2)14-18-6-10-22(26(21)24(17)18)20-8-4-16(12-27)23(15)25(19)20;;/h3-14H,1-2H3;2*1H/q+2;;/p-2. The third kappa shape index (κ3) is 2.21. The second-order valence-corrected chi connectivity index (χ2v) is 8.16. The second kappa shape index (κ2) is 6.28. The van der Waals surface area contributed by atoms with Crippen molar-refractivity contribution in [2.45, 2.75) is 0 Å². The Morgan fingerprint density at radius 3 is 0.933 bits per heavy atom. The summed E-state index contributed by atoms with van der Waals surface area (Å²) in [7, 11) is 4.20. The van der Waals surface area contributed by atoms with Gasteiger partial charge in [0, 0.05) is 32.3 Å². The monoisotopic (exact) mass is 428 g/mol. The summed E-state index contributed by atoms with van der Waals surface area (Å²) in [5, 5.41) is 16.2. The van der Waals surface area contributed by atoms with Gasteiger partial charge >= 0.3 is 0 Å². The fourth-order valence-corrected chi connectivity index (χ4v) is 5.38. The normalized spacial score (nSPS) is 11.8. The van der Waals surface area contributed by atoms with E-state index in [2.05, 4.69) is 96.5 Å². The van der Waals surface area contributed by atoms with Gasteiger partial charge in [-0.05, 0) is 56.6 Å². The minimum atomic E-state index is 0. The van der Waals surface area contributed by atoms with Crippen LogP contribution >= 0.6 is 0 Å². The highest BCUT2D eigenvalue weighted by molar-refractivity contribution is 6.39. The number of benzene rings is 5. The van der Waals surface area contributed by atoms with Crippen LogP contribution in [0.2, 0.25) is 0 Å². The van der Waals surface area contributed by atoms with Crippen molar-refractivity contribution >= 4 is 64.6 Å². The van der Waals surface area contributed by atoms with Crippen molar-refractivity contribution in [3.63, 3.8) is 0 Å². The molecule has 0 spiro atoms. The largest absolute Gasteiger partial charge is 1.00 e. The van der Waals surface area contributed by atoms with Gasteiger partial charge in [-0.3, -0.25) is 0 Å². The van der Waals surface area contributed by atoms with E-state index in [0.717, 1.165) is 0 Å². The average Bonchev–Trinajstić information content (AvgIpc) is 2.69. The molecule has 7 aromatic rings. The summed E-state index contributed by atoms with van der Waals surface area (Å²) in [5.41, 5.74) is 0. The Morgan fingerprint density at radius 1 is 0.400 bits per heavy atom. The van der Waals surface area contributed by atoms with Gasteiger partial charge in [-0.2, -0.15) is 0 Å². The lowest BCUT2D eigenvalue weighted by Gasteiger charge is -2.16. The molecule has 30 heavy (non-hydrogen) atoms. The molecule has 0 N–H and O–H groups in total. The number of hydrogen-bond donors (Lipinski definition) is 0. The Morgan fingerprint density at radius 2 is 0.667 bits per heavy atom. The van der Waals surface area contributed by atoms with E-state index in [1.807, 2.05) is 0 Å².